The topological polar surface area (TPSA) is 72.9 Å². The second-order valence-corrected chi connectivity index (χ2v) is 3.05. The van der Waals surface area contributed by atoms with Gasteiger partial charge in [0.2, 0.25) is 0 Å². The van der Waals surface area contributed by atoms with Crippen molar-refractivity contribution in [3.63, 3.8) is 0 Å². The molecule has 80 valence electrons. The van der Waals surface area contributed by atoms with Crippen molar-refractivity contribution >= 4 is 35.5 Å². The van der Waals surface area contributed by atoms with Crippen molar-refractivity contribution in [1.82, 2.24) is 19.3 Å². The van der Waals surface area contributed by atoms with Gasteiger partial charge in [-0.2, -0.15) is 5.10 Å². The standard InChI is InChI=1S/C9H10N4O2.Na.H/c14-9(15)8-1-2-11-13(8)6-5-12-4-3-10-7-12;;/h1-4,7H,5-6H2,(H,14,15);;. The third-order valence-electron chi connectivity index (χ3n) is 2.06. The first-order valence-corrected chi connectivity index (χ1v) is 4.48. The molecule has 0 aliphatic carbocycles. The molecule has 0 aliphatic heterocycles. The molecule has 0 saturated carbocycles. The fraction of sp³-hybridized carbons (Fsp3) is 0.222. The summed E-state index contributed by atoms with van der Waals surface area (Å²) in [6.07, 6.45) is 6.67. The number of nitrogens with zero attached hydrogens (tertiary/aromatic N) is 4. The molecule has 2 aromatic rings. The number of carbonyl (C=O) groups is 1. The molecule has 0 amide bonds. The van der Waals surface area contributed by atoms with Crippen molar-refractivity contribution in [2.75, 3.05) is 0 Å². The number of hydrogen-bond donors (Lipinski definition) is 1. The van der Waals surface area contributed by atoms with Crippen LogP contribution in [0.4, 0.5) is 0 Å². The predicted molar refractivity (Wildman–Crippen MR) is 58.6 cm³/mol. The van der Waals surface area contributed by atoms with E-state index < -0.39 is 5.97 Å². The Hall–Kier alpha value is -1.11. The molecule has 2 aromatic heterocycles. The molecule has 6 nitrogen and oxygen atoms in total. The number of imidazole rings is 1. The van der Waals surface area contributed by atoms with Crippen LogP contribution in [0.3, 0.4) is 0 Å². The maximum absolute atomic E-state index is 10.8. The first-order valence-electron chi connectivity index (χ1n) is 4.48. The zero-order valence-corrected chi connectivity index (χ0v) is 7.95. The Morgan fingerprint density at radius 3 is 2.81 bits per heavy atom. The molecule has 2 rings (SSSR count). The third kappa shape index (κ3) is 2.94. The fourth-order valence-electron chi connectivity index (χ4n) is 1.32. The molecule has 0 unspecified atom stereocenters. The molecule has 0 bridgehead atoms. The first-order chi connectivity index (χ1) is 7.27. The molecule has 16 heavy (non-hydrogen) atoms. The monoisotopic (exact) mass is 230 g/mol. The normalized spacial score (nSPS) is 9.75. The molecule has 0 radical (unpaired) electrons. The zero-order chi connectivity index (χ0) is 10.7. The molecule has 0 saturated heterocycles. The van der Waals surface area contributed by atoms with Crippen LogP contribution >= 0.6 is 0 Å². The van der Waals surface area contributed by atoms with Gasteiger partial charge in [0, 0.05) is 25.1 Å². The van der Waals surface area contributed by atoms with E-state index in [0.717, 1.165) is 0 Å². The van der Waals surface area contributed by atoms with Gasteiger partial charge >= 0.3 is 35.5 Å². The van der Waals surface area contributed by atoms with Gasteiger partial charge in [-0.05, 0) is 6.07 Å². The average molecular weight is 230 g/mol. The SMILES string of the molecule is O=C(O)c1ccnn1CCn1ccnc1.[NaH]. The van der Waals surface area contributed by atoms with Crippen LogP contribution in [0.1, 0.15) is 10.5 Å². The van der Waals surface area contributed by atoms with Crippen molar-refractivity contribution in [2.24, 2.45) is 0 Å². The van der Waals surface area contributed by atoms with Crippen LogP contribution in [0.5, 0.6) is 0 Å². The summed E-state index contributed by atoms with van der Waals surface area (Å²) in [5.74, 6) is -0.960. The van der Waals surface area contributed by atoms with Crippen LogP contribution in [-0.4, -0.2) is 60.0 Å². The number of hydrogen-bond acceptors (Lipinski definition) is 3. The van der Waals surface area contributed by atoms with Gasteiger partial charge in [-0.3, -0.25) is 4.68 Å². The molecule has 7 heteroatoms. The Bertz CT molecular complexity index is 452. The molecule has 0 spiro atoms. The van der Waals surface area contributed by atoms with E-state index in [1.165, 1.54) is 16.9 Å². The summed E-state index contributed by atoms with van der Waals surface area (Å²) in [6, 6.07) is 1.48. The predicted octanol–water partition coefficient (Wildman–Crippen LogP) is -0.171. The van der Waals surface area contributed by atoms with Gasteiger partial charge in [-0.25, -0.2) is 9.78 Å². The molecular weight excluding hydrogens is 219 g/mol. The number of carboxylic acids is 1. The van der Waals surface area contributed by atoms with Gasteiger partial charge in [0.15, 0.2) is 0 Å². The maximum atomic E-state index is 10.8. The van der Waals surface area contributed by atoms with Gasteiger partial charge in [0.05, 0.1) is 12.9 Å². The van der Waals surface area contributed by atoms with Gasteiger partial charge in [-0.1, -0.05) is 0 Å². The molecule has 0 aliphatic rings. The second-order valence-electron chi connectivity index (χ2n) is 3.05. The first kappa shape index (κ1) is 13.0. The van der Waals surface area contributed by atoms with Gasteiger partial charge in [0.1, 0.15) is 5.69 Å². The molecular formula is C9H11N4NaO2. The fourth-order valence-corrected chi connectivity index (χ4v) is 1.32. The Morgan fingerprint density at radius 1 is 1.38 bits per heavy atom. The summed E-state index contributed by atoms with van der Waals surface area (Å²) in [5, 5.41) is 12.8. The average Bonchev–Trinajstić information content (AvgIpc) is 2.86. The Morgan fingerprint density at radius 2 is 2.19 bits per heavy atom. The van der Waals surface area contributed by atoms with Crippen molar-refractivity contribution in [3.8, 4) is 0 Å². The summed E-state index contributed by atoms with van der Waals surface area (Å²) in [4.78, 5) is 14.7. The molecule has 2 heterocycles. The minimum absolute atomic E-state index is 0. The van der Waals surface area contributed by atoms with E-state index in [-0.39, 0.29) is 35.3 Å². The Balaban J connectivity index is 0.00000128. The van der Waals surface area contributed by atoms with Crippen LogP contribution in [0.2, 0.25) is 0 Å². The Labute approximate surface area is 114 Å². The number of aryl methyl sites for hydroxylation is 2. The van der Waals surface area contributed by atoms with Crippen molar-refractivity contribution in [1.29, 1.82) is 0 Å². The number of aromatic nitrogens is 4. The minimum atomic E-state index is -0.960. The van der Waals surface area contributed by atoms with E-state index in [4.69, 9.17) is 5.11 Å². The van der Waals surface area contributed by atoms with Gasteiger partial charge in [0.25, 0.3) is 0 Å². The summed E-state index contributed by atoms with van der Waals surface area (Å²) >= 11 is 0. The van der Waals surface area contributed by atoms with Crippen LogP contribution < -0.4 is 0 Å². The number of aromatic carboxylic acids is 1. The van der Waals surface area contributed by atoms with E-state index in [2.05, 4.69) is 10.1 Å². The summed E-state index contributed by atoms with van der Waals surface area (Å²) < 4.78 is 3.33. The van der Waals surface area contributed by atoms with Crippen LogP contribution in [0.25, 0.3) is 0 Å². The summed E-state index contributed by atoms with van der Waals surface area (Å²) in [7, 11) is 0. The molecule has 0 fully saturated rings. The molecule has 0 atom stereocenters. The summed E-state index contributed by atoms with van der Waals surface area (Å²) in [5.41, 5.74) is 0.204. The number of rotatable bonds is 4. The van der Waals surface area contributed by atoms with E-state index in [1.807, 2.05) is 10.8 Å². The van der Waals surface area contributed by atoms with Crippen molar-refractivity contribution in [3.05, 3.63) is 36.7 Å². The van der Waals surface area contributed by atoms with Crippen LogP contribution in [-0.2, 0) is 13.1 Å². The van der Waals surface area contributed by atoms with Gasteiger partial charge < -0.3 is 9.67 Å². The quantitative estimate of drug-likeness (QED) is 0.740. The summed E-state index contributed by atoms with van der Waals surface area (Å²) in [6.45, 7) is 1.17. The zero-order valence-electron chi connectivity index (χ0n) is 7.95. The third-order valence-corrected chi connectivity index (χ3v) is 2.06. The van der Waals surface area contributed by atoms with E-state index in [9.17, 15) is 4.79 Å². The van der Waals surface area contributed by atoms with Crippen molar-refractivity contribution in [2.45, 2.75) is 13.1 Å². The second kappa shape index (κ2) is 5.83. The van der Waals surface area contributed by atoms with Crippen LogP contribution in [0, 0.1) is 0 Å². The molecule has 0 aromatic carbocycles. The molecule has 1 N–H and O–H groups in total. The van der Waals surface area contributed by atoms with Crippen molar-refractivity contribution < 1.29 is 9.90 Å². The van der Waals surface area contributed by atoms with E-state index >= 15 is 0 Å². The van der Waals surface area contributed by atoms with Crippen LogP contribution in [0.15, 0.2) is 31.0 Å². The van der Waals surface area contributed by atoms with E-state index in [0.29, 0.717) is 13.1 Å². The Kier molecular flexibility index (Phi) is 4.72. The van der Waals surface area contributed by atoms with Gasteiger partial charge in [-0.15, -0.1) is 0 Å². The number of carboxylic acid groups (broad SMARTS) is 1. The van der Waals surface area contributed by atoms with E-state index in [1.54, 1.807) is 12.5 Å².